The van der Waals surface area contributed by atoms with Gasteiger partial charge in [-0.3, -0.25) is 14.6 Å². The van der Waals surface area contributed by atoms with Crippen LogP contribution in [-0.2, 0) is 26.1 Å². The fourth-order valence-electron chi connectivity index (χ4n) is 5.85. The second-order valence-corrected chi connectivity index (χ2v) is 11.1. The van der Waals surface area contributed by atoms with Crippen molar-refractivity contribution in [1.29, 1.82) is 0 Å². The number of hydrogen-bond donors (Lipinski definition) is 0. The van der Waals surface area contributed by atoms with E-state index >= 15 is 0 Å². The van der Waals surface area contributed by atoms with Crippen molar-refractivity contribution in [2.45, 2.75) is 65.1 Å². The summed E-state index contributed by atoms with van der Waals surface area (Å²) in [6, 6.07) is 22.0. The van der Waals surface area contributed by atoms with Crippen LogP contribution in [0.2, 0.25) is 0 Å². The molecule has 0 spiro atoms. The van der Waals surface area contributed by atoms with Gasteiger partial charge in [0.25, 0.3) is 0 Å². The monoisotopic (exact) mass is 498 g/mol. The fourth-order valence-corrected chi connectivity index (χ4v) is 5.85. The van der Waals surface area contributed by atoms with Crippen LogP contribution >= 0.6 is 0 Å². The molecule has 0 amide bonds. The topological polar surface area (TPSA) is 23.6 Å². The van der Waals surface area contributed by atoms with Crippen LogP contribution < -0.4 is 0 Å². The molecule has 0 aliphatic carbocycles. The average Bonchev–Trinajstić information content (AvgIpc) is 3.12. The SMILES string of the molecule is Cc1ccc(CN2CCC(CCC(=O)c3ccc4c(c3)CN(Cc3ccc(F)cc3)CCC4)CC2)cc1. The molecule has 0 bridgehead atoms. The lowest BCUT2D eigenvalue weighted by Gasteiger charge is -2.32. The molecule has 0 radical (unpaired) electrons. The minimum Gasteiger partial charge on any atom is -0.299 e. The summed E-state index contributed by atoms with van der Waals surface area (Å²) >= 11 is 0. The Balaban J connectivity index is 1.12. The Morgan fingerprint density at radius 3 is 2.24 bits per heavy atom. The van der Waals surface area contributed by atoms with Gasteiger partial charge in [0.1, 0.15) is 5.82 Å². The summed E-state index contributed by atoms with van der Waals surface area (Å²) in [5.41, 5.74) is 7.32. The molecule has 2 aliphatic heterocycles. The molecule has 1 saturated heterocycles. The molecule has 0 saturated carbocycles. The molecule has 0 aromatic heterocycles. The van der Waals surface area contributed by atoms with Crippen molar-refractivity contribution in [2.24, 2.45) is 5.92 Å². The molecule has 0 N–H and O–H groups in total. The number of piperidine rings is 1. The maximum Gasteiger partial charge on any atom is 0.162 e. The second-order valence-electron chi connectivity index (χ2n) is 11.1. The van der Waals surface area contributed by atoms with Gasteiger partial charge in [0.05, 0.1) is 0 Å². The van der Waals surface area contributed by atoms with Crippen LogP contribution in [0.25, 0.3) is 0 Å². The summed E-state index contributed by atoms with van der Waals surface area (Å²) in [6.45, 7) is 8.06. The molecule has 0 unspecified atom stereocenters. The maximum atomic E-state index is 13.3. The van der Waals surface area contributed by atoms with E-state index in [0.717, 1.165) is 69.7 Å². The molecule has 5 rings (SSSR count). The van der Waals surface area contributed by atoms with Crippen molar-refractivity contribution in [3.63, 3.8) is 0 Å². The van der Waals surface area contributed by atoms with Crippen molar-refractivity contribution < 1.29 is 9.18 Å². The summed E-state index contributed by atoms with van der Waals surface area (Å²) in [5, 5.41) is 0. The number of nitrogens with zero attached hydrogens (tertiary/aromatic N) is 2. The lowest BCUT2D eigenvalue weighted by Crippen LogP contribution is -2.33. The van der Waals surface area contributed by atoms with Crippen LogP contribution in [0.1, 0.15) is 70.3 Å². The molecule has 1 fully saturated rings. The van der Waals surface area contributed by atoms with E-state index in [4.69, 9.17) is 0 Å². The minimum atomic E-state index is -0.194. The van der Waals surface area contributed by atoms with Crippen molar-refractivity contribution in [3.8, 4) is 0 Å². The quantitative estimate of drug-likeness (QED) is 0.314. The van der Waals surface area contributed by atoms with E-state index in [1.807, 2.05) is 18.2 Å². The predicted molar refractivity (Wildman–Crippen MR) is 148 cm³/mol. The number of hydrogen-bond acceptors (Lipinski definition) is 3. The zero-order chi connectivity index (χ0) is 25.6. The highest BCUT2D eigenvalue weighted by atomic mass is 19.1. The lowest BCUT2D eigenvalue weighted by molar-refractivity contribution is 0.0961. The van der Waals surface area contributed by atoms with E-state index in [1.165, 1.54) is 47.2 Å². The van der Waals surface area contributed by atoms with Crippen molar-refractivity contribution >= 4 is 5.78 Å². The highest BCUT2D eigenvalue weighted by molar-refractivity contribution is 5.96. The molecule has 3 aromatic rings. The molecule has 4 heteroatoms. The van der Waals surface area contributed by atoms with E-state index < -0.39 is 0 Å². The van der Waals surface area contributed by atoms with Gasteiger partial charge in [-0.05, 0) is 105 Å². The first kappa shape index (κ1) is 25.8. The molecule has 0 atom stereocenters. The van der Waals surface area contributed by atoms with E-state index in [0.29, 0.717) is 12.3 Å². The van der Waals surface area contributed by atoms with E-state index in [-0.39, 0.29) is 11.6 Å². The zero-order valence-electron chi connectivity index (χ0n) is 22.1. The Bertz CT molecular complexity index is 1180. The second kappa shape index (κ2) is 12.1. The maximum absolute atomic E-state index is 13.3. The molecule has 194 valence electrons. The van der Waals surface area contributed by atoms with Gasteiger partial charge in [0, 0.05) is 31.6 Å². The molecule has 2 aliphatic rings. The summed E-state index contributed by atoms with van der Waals surface area (Å²) < 4.78 is 13.3. The van der Waals surface area contributed by atoms with Crippen LogP contribution in [0.5, 0.6) is 0 Å². The fraction of sp³-hybridized carbons (Fsp3) is 0.424. The van der Waals surface area contributed by atoms with Gasteiger partial charge in [-0.2, -0.15) is 0 Å². The molecule has 2 heterocycles. The average molecular weight is 499 g/mol. The van der Waals surface area contributed by atoms with Gasteiger partial charge >= 0.3 is 0 Å². The number of carbonyl (C=O) groups excluding carboxylic acids is 1. The molecular formula is C33H39FN2O. The summed E-state index contributed by atoms with van der Waals surface area (Å²) in [7, 11) is 0. The van der Waals surface area contributed by atoms with Crippen LogP contribution in [-0.4, -0.2) is 35.2 Å². The minimum absolute atomic E-state index is 0.194. The standard InChI is InChI=1S/C33H39FN2O/c1-25-4-6-27(7-5-25)22-35-19-16-26(17-20-35)10-15-33(37)30-12-11-29-3-2-18-36(24-31(29)21-30)23-28-8-13-32(34)14-9-28/h4-9,11-14,21,26H,2-3,10,15-20,22-24H2,1H3. The lowest BCUT2D eigenvalue weighted by atomic mass is 9.89. The van der Waals surface area contributed by atoms with Crippen molar-refractivity contribution in [3.05, 3.63) is 106 Å². The van der Waals surface area contributed by atoms with Gasteiger partial charge in [-0.15, -0.1) is 0 Å². The Morgan fingerprint density at radius 1 is 0.838 bits per heavy atom. The Labute approximate surface area is 221 Å². The molecule has 3 aromatic carbocycles. The number of benzene rings is 3. The van der Waals surface area contributed by atoms with Crippen molar-refractivity contribution in [1.82, 2.24) is 9.80 Å². The van der Waals surface area contributed by atoms with Gasteiger partial charge in [-0.25, -0.2) is 4.39 Å². The first-order valence-electron chi connectivity index (χ1n) is 13.9. The van der Waals surface area contributed by atoms with E-state index in [1.54, 1.807) is 0 Å². The van der Waals surface area contributed by atoms with Gasteiger partial charge in [0.15, 0.2) is 5.78 Å². The number of aryl methyl sites for hydroxylation is 2. The first-order valence-corrected chi connectivity index (χ1v) is 13.9. The molecule has 3 nitrogen and oxygen atoms in total. The number of fused-ring (bicyclic) bond motifs is 1. The normalized spacial score (nSPS) is 17.4. The number of halogens is 1. The van der Waals surface area contributed by atoms with Crippen LogP contribution in [0.4, 0.5) is 4.39 Å². The third kappa shape index (κ3) is 7.15. The Kier molecular flexibility index (Phi) is 8.48. The first-order chi connectivity index (χ1) is 18.0. The summed E-state index contributed by atoms with van der Waals surface area (Å²) in [4.78, 5) is 18.1. The third-order valence-electron chi connectivity index (χ3n) is 8.18. The van der Waals surface area contributed by atoms with Gasteiger partial charge in [0.2, 0.25) is 0 Å². The smallest absolute Gasteiger partial charge is 0.162 e. The van der Waals surface area contributed by atoms with Crippen LogP contribution in [0, 0.1) is 18.7 Å². The number of ketones is 1. The zero-order valence-corrected chi connectivity index (χ0v) is 22.1. The van der Waals surface area contributed by atoms with Crippen molar-refractivity contribution in [2.75, 3.05) is 19.6 Å². The van der Waals surface area contributed by atoms with Crippen LogP contribution in [0.3, 0.4) is 0 Å². The highest BCUT2D eigenvalue weighted by Gasteiger charge is 2.21. The molecular weight excluding hydrogens is 459 g/mol. The summed E-state index contributed by atoms with van der Waals surface area (Å²) in [6.07, 6.45) is 6.14. The number of rotatable bonds is 8. The third-order valence-corrected chi connectivity index (χ3v) is 8.18. The Morgan fingerprint density at radius 2 is 1.51 bits per heavy atom. The van der Waals surface area contributed by atoms with E-state index in [9.17, 15) is 9.18 Å². The van der Waals surface area contributed by atoms with Gasteiger partial charge in [-0.1, -0.05) is 54.1 Å². The number of likely N-dealkylation sites (tertiary alicyclic amines) is 1. The van der Waals surface area contributed by atoms with E-state index in [2.05, 4.69) is 53.1 Å². The largest absolute Gasteiger partial charge is 0.299 e. The van der Waals surface area contributed by atoms with Gasteiger partial charge < -0.3 is 0 Å². The summed E-state index contributed by atoms with van der Waals surface area (Å²) in [5.74, 6) is 0.727. The highest BCUT2D eigenvalue weighted by Crippen LogP contribution is 2.26. The number of Topliss-reactive ketones (excluding diaryl/α,β-unsaturated/α-hetero) is 1. The molecule has 37 heavy (non-hydrogen) atoms. The van der Waals surface area contributed by atoms with Crippen LogP contribution in [0.15, 0.2) is 66.7 Å². The predicted octanol–water partition coefficient (Wildman–Crippen LogP) is 6.96. The Hall–Kier alpha value is -2.82. The number of carbonyl (C=O) groups is 1.